The van der Waals surface area contributed by atoms with Gasteiger partial charge in [-0.1, -0.05) is 17.7 Å². The number of benzene rings is 1. The number of nitrogens with one attached hydrogen (secondary N) is 1. The normalized spacial score (nSPS) is 25.9. The van der Waals surface area contributed by atoms with Gasteiger partial charge < -0.3 is 10.2 Å². The zero-order valence-corrected chi connectivity index (χ0v) is 10.7. The predicted octanol–water partition coefficient (Wildman–Crippen LogP) is 2.49. The number of hydrogen-bond donors (Lipinski definition) is 1. The van der Waals surface area contributed by atoms with E-state index in [1.54, 1.807) is 0 Å². The van der Waals surface area contributed by atoms with Crippen LogP contribution in [0.3, 0.4) is 0 Å². The first kappa shape index (κ1) is 11.5. The molecule has 16 heavy (non-hydrogen) atoms. The van der Waals surface area contributed by atoms with Gasteiger partial charge in [-0.3, -0.25) is 0 Å². The summed E-state index contributed by atoms with van der Waals surface area (Å²) in [5.74, 6) is 0. The minimum absolute atomic E-state index is 0.574. The number of aryl methyl sites for hydroxylation is 2. The third-order valence-corrected chi connectivity index (χ3v) is 3.25. The van der Waals surface area contributed by atoms with Gasteiger partial charge >= 0.3 is 0 Å². The minimum Gasteiger partial charge on any atom is -0.368 e. The van der Waals surface area contributed by atoms with E-state index in [0.717, 1.165) is 13.1 Å². The molecule has 0 radical (unpaired) electrons. The van der Waals surface area contributed by atoms with E-state index < -0.39 is 0 Å². The van der Waals surface area contributed by atoms with Crippen molar-refractivity contribution in [2.45, 2.75) is 39.8 Å². The highest BCUT2D eigenvalue weighted by Crippen LogP contribution is 2.23. The first-order chi connectivity index (χ1) is 7.56. The molecule has 0 amide bonds. The summed E-state index contributed by atoms with van der Waals surface area (Å²) in [5.41, 5.74) is 4.13. The monoisotopic (exact) mass is 218 g/mol. The van der Waals surface area contributed by atoms with Gasteiger partial charge in [0.15, 0.2) is 0 Å². The van der Waals surface area contributed by atoms with Gasteiger partial charge in [0.1, 0.15) is 0 Å². The molecule has 2 atom stereocenters. The number of rotatable bonds is 1. The van der Waals surface area contributed by atoms with Gasteiger partial charge in [-0.25, -0.2) is 0 Å². The first-order valence-corrected chi connectivity index (χ1v) is 6.14. The highest BCUT2D eigenvalue weighted by molar-refractivity contribution is 5.55. The lowest BCUT2D eigenvalue weighted by Gasteiger charge is -2.38. The van der Waals surface area contributed by atoms with Crippen LogP contribution in [-0.2, 0) is 0 Å². The SMILES string of the molecule is Cc1ccc(N2C[C@@H](C)N[C@@H](C)C2)c(C)c1. The molecule has 2 heteroatoms. The third-order valence-electron chi connectivity index (χ3n) is 3.25. The van der Waals surface area contributed by atoms with Crippen LogP contribution in [0.15, 0.2) is 18.2 Å². The maximum Gasteiger partial charge on any atom is 0.0397 e. The molecule has 0 bridgehead atoms. The van der Waals surface area contributed by atoms with Crippen LogP contribution in [-0.4, -0.2) is 25.2 Å². The van der Waals surface area contributed by atoms with Crippen molar-refractivity contribution in [2.75, 3.05) is 18.0 Å². The Labute approximate surface area is 98.7 Å². The van der Waals surface area contributed by atoms with Crippen molar-refractivity contribution in [3.05, 3.63) is 29.3 Å². The maximum absolute atomic E-state index is 3.57. The van der Waals surface area contributed by atoms with Crippen molar-refractivity contribution in [3.8, 4) is 0 Å². The Morgan fingerprint density at radius 2 is 1.75 bits per heavy atom. The summed E-state index contributed by atoms with van der Waals surface area (Å²) in [6.45, 7) is 11.1. The summed E-state index contributed by atoms with van der Waals surface area (Å²) in [6, 6.07) is 7.89. The van der Waals surface area contributed by atoms with E-state index in [1.165, 1.54) is 16.8 Å². The summed E-state index contributed by atoms with van der Waals surface area (Å²) < 4.78 is 0. The molecule has 0 unspecified atom stereocenters. The quantitative estimate of drug-likeness (QED) is 0.779. The van der Waals surface area contributed by atoms with Crippen LogP contribution in [0.4, 0.5) is 5.69 Å². The van der Waals surface area contributed by atoms with Crippen LogP contribution in [0.5, 0.6) is 0 Å². The van der Waals surface area contributed by atoms with E-state index in [9.17, 15) is 0 Å². The molecule has 88 valence electrons. The molecule has 0 spiro atoms. The summed E-state index contributed by atoms with van der Waals surface area (Å²) in [6.07, 6.45) is 0. The molecule has 0 aliphatic carbocycles. The molecule has 1 N–H and O–H groups in total. The van der Waals surface area contributed by atoms with Crippen molar-refractivity contribution < 1.29 is 0 Å². The predicted molar refractivity (Wildman–Crippen MR) is 70.2 cm³/mol. The lowest BCUT2D eigenvalue weighted by atomic mass is 10.1. The Morgan fingerprint density at radius 3 is 2.31 bits per heavy atom. The molecular formula is C14H22N2. The molecule has 2 rings (SSSR count). The van der Waals surface area contributed by atoms with Gasteiger partial charge in [0.2, 0.25) is 0 Å². The Hall–Kier alpha value is -1.02. The fourth-order valence-electron chi connectivity index (χ4n) is 2.68. The summed E-state index contributed by atoms with van der Waals surface area (Å²) in [4.78, 5) is 2.50. The van der Waals surface area contributed by atoms with E-state index in [2.05, 4.69) is 56.1 Å². The average Bonchev–Trinajstić information content (AvgIpc) is 2.15. The lowest BCUT2D eigenvalue weighted by molar-refractivity contribution is 0.406. The number of nitrogens with zero attached hydrogens (tertiary/aromatic N) is 1. The van der Waals surface area contributed by atoms with Gasteiger partial charge in [0.05, 0.1) is 0 Å². The van der Waals surface area contributed by atoms with Crippen molar-refractivity contribution in [1.82, 2.24) is 5.32 Å². The van der Waals surface area contributed by atoms with Crippen molar-refractivity contribution in [2.24, 2.45) is 0 Å². The van der Waals surface area contributed by atoms with Gasteiger partial charge in [0.25, 0.3) is 0 Å². The molecule has 1 aliphatic rings. The first-order valence-electron chi connectivity index (χ1n) is 6.14. The van der Waals surface area contributed by atoms with E-state index in [4.69, 9.17) is 0 Å². The summed E-state index contributed by atoms with van der Waals surface area (Å²) >= 11 is 0. The van der Waals surface area contributed by atoms with Gasteiger partial charge in [0, 0.05) is 30.9 Å². The highest BCUT2D eigenvalue weighted by Gasteiger charge is 2.21. The zero-order chi connectivity index (χ0) is 11.7. The van der Waals surface area contributed by atoms with Crippen LogP contribution in [0, 0.1) is 13.8 Å². The number of hydrogen-bond acceptors (Lipinski definition) is 2. The van der Waals surface area contributed by atoms with E-state index in [1.807, 2.05) is 0 Å². The lowest BCUT2D eigenvalue weighted by Crippen LogP contribution is -2.54. The Balaban J connectivity index is 2.23. The molecule has 0 aromatic heterocycles. The summed E-state index contributed by atoms with van der Waals surface area (Å²) in [5, 5.41) is 3.57. The Kier molecular flexibility index (Phi) is 3.20. The molecule has 1 aromatic rings. The number of piperazine rings is 1. The van der Waals surface area contributed by atoms with E-state index in [-0.39, 0.29) is 0 Å². The van der Waals surface area contributed by atoms with E-state index in [0.29, 0.717) is 12.1 Å². The van der Waals surface area contributed by atoms with Crippen LogP contribution < -0.4 is 10.2 Å². The molecule has 2 nitrogen and oxygen atoms in total. The second-order valence-corrected chi connectivity index (χ2v) is 5.16. The standard InChI is InChI=1S/C14H22N2/c1-10-5-6-14(11(2)7-10)16-8-12(3)15-13(4)9-16/h5-7,12-13,15H,8-9H2,1-4H3/t12-,13+. The molecule has 0 saturated carbocycles. The van der Waals surface area contributed by atoms with Gasteiger partial charge in [-0.05, 0) is 39.3 Å². The van der Waals surface area contributed by atoms with Crippen molar-refractivity contribution in [1.29, 1.82) is 0 Å². The summed E-state index contributed by atoms with van der Waals surface area (Å²) in [7, 11) is 0. The molecule has 1 saturated heterocycles. The van der Waals surface area contributed by atoms with E-state index >= 15 is 0 Å². The van der Waals surface area contributed by atoms with Crippen molar-refractivity contribution >= 4 is 5.69 Å². The van der Waals surface area contributed by atoms with Crippen LogP contribution in [0.25, 0.3) is 0 Å². The topological polar surface area (TPSA) is 15.3 Å². The maximum atomic E-state index is 3.57. The Morgan fingerprint density at radius 1 is 1.12 bits per heavy atom. The average molecular weight is 218 g/mol. The third kappa shape index (κ3) is 2.38. The van der Waals surface area contributed by atoms with Gasteiger partial charge in [-0.15, -0.1) is 0 Å². The second kappa shape index (κ2) is 4.46. The largest absolute Gasteiger partial charge is 0.368 e. The fraction of sp³-hybridized carbons (Fsp3) is 0.571. The molecule has 1 heterocycles. The van der Waals surface area contributed by atoms with Crippen LogP contribution >= 0.6 is 0 Å². The van der Waals surface area contributed by atoms with Crippen molar-refractivity contribution in [3.63, 3.8) is 0 Å². The highest BCUT2D eigenvalue weighted by atomic mass is 15.2. The fourth-order valence-corrected chi connectivity index (χ4v) is 2.68. The molecular weight excluding hydrogens is 196 g/mol. The zero-order valence-electron chi connectivity index (χ0n) is 10.7. The Bertz CT molecular complexity index is 363. The minimum atomic E-state index is 0.574. The number of anilines is 1. The van der Waals surface area contributed by atoms with Crippen LogP contribution in [0.2, 0.25) is 0 Å². The second-order valence-electron chi connectivity index (χ2n) is 5.16. The molecule has 1 aromatic carbocycles. The molecule has 1 fully saturated rings. The molecule has 1 aliphatic heterocycles. The van der Waals surface area contributed by atoms with Gasteiger partial charge in [-0.2, -0.15) is 0 Å². The smallest absolute Gasteiger partial charge is 0.0397 e. The van der Waals surface area contributed by atoms with Crippen LogP contribution in [0.1, 0.15) is 25.0 Å².